The lowest BCUT2D eigenvalue weighted by Gasteiger charge is -2.27. The fourth-order valence-electron chi connectivity index (χ4n) is 6.13. The van der Waals surface area contributed by atoms with Crippen LogP contribution in [0.3, 0.4) is 0 Å². The quantitative estimate of drug-likeness (QED) is 0.139. The third kappa shape index (κ3) is 8.51. The third-order valence-corrected chi connectivity index (χ3v) is 10.4. The van der Waals surface area contributed by atoms with Gasteiger partial charge in [-0.25, -0.2) is 14.6 Å². The summed E-state index contributed by atoms with van der Waals surface area (Å²) in [6.45, 7) is 2.11. The topological polar surface area (TPSA) is 115 Å². The number of aryl methyl sites for hydroxylation is 3. The fourth-order valence-corrected chi connectivity index (χ4v) is 7.49. The molecule has 270 valence electrons. The van der Waals surface area contributed by atoms with Gasteiger partial charge in [-0.2, -0.15) is 4.98 Å². The van der Waals surface area contributed by atoms with E-state index < -0.39 is 11.9 Å². The molecule has 0 amide bonds. The van der Waals surface area contributed by atoms with E-state index in [1.165, 1.54) is 48.4 Å². The van der Waals surface area contributed by atoms with Crippen LogP contribution in [0, 0.1) is 6.92 Å². The maximum absolute atomic E-state index is 11.5. The van der Waals surface area contributed by atoms with Crippen molar-refractivity contribution in [1.82, 2.24) is 9.97 Å². The summed E-state index contributed by atoms with van der Waals surface area (Å²) >= 11 is 2.42. The fraction of sp³-hybridized carbons (Fsp3) is 0.220. The van der Waals surface area contributed by atoms with Crippen molar-refractivity contribution in [2.45, 2.75) is 44.8 Å². The van der Waals surface area contributed by atoms with Gasteiger partial charge in [0.15, 0.2) is 5.69 Å². The molecule has 2 aromatic heterocycles. The van der Waals surface area contributed by atoms with Gasteiger partial charge in [-0.15, -0.1) is 0 Å². The Labute approximate surface area is 314 Å². The maximum Gasteiger partial charge on any atom is 0.357 e. The summed E-state index contributed by atoms with van der Waals surface area (Å²) in [6, 6.07) is 30.1. The zero-order valence-electron chi connectivity index (χ0n) is 29.3. The van der Waals surface area contributed by atoms with Crippen LogP contribution in [0.5, 0.6) is 33.4 Å². The van der Waals surface area contributed by atoms with Crippen molar-refractivity contribution in [2.24, 2.45) is 0 Å². The lowest BCUT2D eigenvalue weighted by Crippen LogP contribution is -2.16. The van der Waals surface area contributed by atoms with Gasteiger partial charge in [0.05, 0.1) is 20.4 Å². The van der Waals surface area contributed by atoms with Gasteiger partial charge in [-0.1, -0.05) is 77.3 Å². The van der Waals surface area contributed by atoms with Gasteiger partial charge < -0.3 is 28.4 Å². The van der Waals surface area contributed by atoms with Gasteiger partial charge in [0.25, 0.3) is 10.4 Å². The molecule has 4 aromatic carbocycles. The Balaban J connectivity index is 0.000000164. The molecule has 0 unspecified atom stereocenters. The predicted molar refractivity (Wildman–Crippen MR) is 201 cm³/mol. The number of hydrogen-bond donors (Lipinski definition) is 0. The average molecular weight is 749 g/mol. The van der Waals surface area contributed by atoms with Crippen molar-refractivity contribution in [3.63, 3.8) is 0 Å². The van der Waals surface area contributed by atoms with Gasteiger partial charge in [-0.3, -0.25) is 0 Å². The number of thiazole rings is 2. The number of carbonyl (C=O) groups is 2. The minimum Gasteiger partial charge on any atom is -0.485 e. The van der Waals surface area contributed by atoms with Crippen LogP contribution >= 0.6 is 22.7 Å². The van der Waals surface area contributed by atoms with E-state index in [0.29, 0.717) is 26.8 Å². The van der Waals surface area contributed by atoms with Crippen LogP contribution in [0.15, 0.2) is 103 Å². The van der Waals surface area contributed by atoms with E-state index in [1.807, 2.05) is 60.7 Å². The maximum atomic E-state index is 11.5. The number of fused-ring (bicyclic) bond motifs is 2. The second kappa shape index (κ2) is 16.3. The molecular formula is C41H36N2O8S2. The van der Waals surface area contributed by atoms with E-state index in [4.69, 9.17) is 18.9 Å². The van der Waals surface area contributed by atoms with Crippen molar-refractivity contribution < 1.29 is 38.0 Å². The molecule has 0 N–H and O–H groups in total. The SMILES string of the molecule is COC(=O)c1cnc(Oc2ccc3c(c2)CC[C@@H](c2ccccc2C)O3)s1.COC(=O)c1csc(Oc2ccc3c(c2)CC[C@@H](c2ccccc2)O3)n1. The van der Waals surface area contributed by atoms with E-state index >= 15 is 0 Å². The van der Waals surface area contributed by atoms with Crippen LogP contribution in [0.4, 0.5) is 0 Å². The molecule has 2 aliphatic rings. The highest BCUT2D eigenvalue weighted by molar-refractivity contribution is 7.15. The lowest BCUT2D eigenvalue weighted by atomic mass is 9.95. The van der Waals surface area contributed by atoms with Crippen molar-refractivity contribution in [3.05, 3.63) is 141 Å². The summed E-state index contributed by atoms with van der Waals surface area (Å²) in [4.78, 5) is 31.6. The van der Waals surface area contributed by atoms with Gasteiger partial charge in [0.2, 0.25) is 0 Å². The van der Waals surface area contributed by atoms with Crippen LogP contribution < -0.4 is 18.9 Å². The summed E-state index contributed by atoms with van der Waals surface area (Å²) in [5, 5.41) is 2.43. The van der Waals surface area contributed by atoms with Crippen LogP contribution in [0.2, 0.25) is 0 Å². The molecule has 8 rings (SSSR count). The number of rotatable bonds is 8. The normalized spacial score (nSPS) is 15.6. The van der Waals surface area contributed by atoms with Crippen molar-refractivity contribution in [1.29, 1.82) is 0 Å². The zero-order valence-corrected chi connectivity index (χ0v) is 30.9. The van der Waals surface area contributed by atoms with E-state index in [2.05, 4.69) is 56.7 Å². The number of hydrogen-bond acceptors (Lipinski definition) is 12. The smallest absolute Gasteiger partial charge is 0.357 e. The van der Waals surface area contributed by atoms with Gasteiger partial charge in [0.1, 0.15) is 40.1 Å². The molecule has 10 nitrogen and oxygen atoms in total. The Hall–Kier alpha value is -5.72. The molecule has 12 heteroatoms. The van der Waals surface area contributed by atoms with Crippen molar-refractivity contribution in [2.75, 3.05) is 14.2 Å². The molecule has 6 aromatic rings. The summed E-state index contributed by atoms with van der Waals surface area (Å²) in [6.07, 6.45) is 5.29. The standard InChI is InChI=1S/C21H19NO4S.C20H17NO4S/c1-13-5-3-4-6-16(13)18-9-7-14-11-15(8-10-17(14)26-18)25-21-22-12-19(27-21)20(23)24-2;1-23-19(22)16-12-26-20(21-16)24-15-8-10-18-14(11-15)7-9-17(25-18)13-5-3-2-4-6-13/h3-6,8,10-12,18H,7,9H2,1-2H3;2-6,8,10-12,17H,7,9H2,1H3/t18-;17-/m00/s1. The van der Waals surface area contributed by atoms with Crippen LogP contribution in [0.25, 0.3) is 0 Å². The number of nitrogens with zero attached hydrogens (tertiary/aromatic N) is 2. The molecule has 0 radical (unpaired) electrons. The average Bonchev–Trinajstić information content (AvgIpc) is 3.88. The van der Waals surface area contributed by atoms with Crippen LogP contribution in [0.1, 0.15) is 73.0 Å². The second-order valence-electron chi connectivity index (χ2n) is 12.3. The van der Waals surface area contributed by atoms with Crippen molar-refractivity contribution >= 4 is 34.6 Å². The summed E-state index contributed by atoms with van der Waals surface area (Å²) in [5.41, 5.74) is 6.15. The van der Waals surface area contributed by atoms with E-state index in [1.54, 1.807) is 5.38 Å². The van der Waals surface area contributed by atoms with Gasteiger partial charge in [0, 0.05) is 5.38 Å². The second-order valence-corrected chi connectivity index (χ2v) is 14.1. The predicted octanol–water partition coefficient (Wildman–Crippen LogP) is 9.89. The first-order valence-corrected chi connectivity index (χ1v) is 18.7. The minimum atomic E-state index is -0.470. The highest BCUT2D eigenvalue weighted by atomic mass is 32.1. The number of ether oxygens (including phenoxy) is 6. The molecular weight excluding hydrogens is 713 g/mol. The molecule has 2 atom stereocenters. The van der Waals surface area contributed by atoms with Gasteiger partial charge in [-0.05, 0) is 96.8 Å². The third-order valence-electron chi connectivity index (χ3n) is 8.82. The Bertz CT molecular complexity index is 2220. The summed E-state index contributed by atoms with van der Waals surface area (Å²) in [7, 11) is 2.67. The van der Waals surface area contributed by atoms with E-state index in [-0.39, 0.29) is 17.9 Å². The number of methoxy groups -OCH3 is 2. The Kier molecular flexibility index (Phi) is 11.0. The molecule has 0 aliphatic carbocycles. The Morgan fingerprint density at radius 2 is 1.36 bits per heavy atom. The Morgan fingerprint density at radius 1 is 0.736 bits per heavy atom. The first kappa shape index (κ1) is 35.7. The minimum absolute atomic E-state index is 0.0760. The largest absolute Gasteiger partial charge is 0.485 e. The first-order chi connectivity index (χ1) is 25.9. The Morgan fingerprint density at radius 3 is 2.04 bits per heavy atom. The monoisotopic (exact) mass is 748 g/mol. The van der Waals surface area contributed by atoms with E-state index in [9.17, 15) is 9.59 Å². The molecule has 0 saturated heterocycles. The van der Waals surface area contributed by atoms with E-state index in [0.717, 1.165) is 59.6 Å². The molecule has 4 heterocycles. The number of aromatic nitrogens is 2. The molecule has 0 bridgehead atoms. The number of benzene rings is 4. The summed E-state index contributed by atoms with van der Waals surface area (Å²) < 4.78 is 33.3. The van der Waals surface area contributed by atoms with Gasteiger partial charge >= 0.3 is 11.9 Å². The highest BCUT2D eigenvalue weighted by Crippen LogP contribution is 2.40. The summed E-state index contributed by atoms with van der Waals surface area (Å²) in [5.74, 6) is 2.24. The highest BCUT2D eigenvalue weighted by Gasteiger charge is 2.24. The molecule has 53 heavy (non-hydrogen) atoms. The van der Waals surface area contributed by atoms with Crippen molar-refractivity contribution in [3.8, 4) is 33.4 Å². The first-order valence-electron chi connectivity index (χ1n) is 17.0. The molecule has 0 fully saturated rings. The molecule has 0 spiro atoms. The molecule has 2 aliphatic heterocycles. The number of esters is 2. The van der Waals surface area contributed by atoms with Crippen LogP contribution in [-0.2, 0) is 22.3 Å². The van der Waals surface area contributed by atoms with Crippen LogP contribution in [-0.4, -0.2) is 36.1 Å². The molecule has 0 saturated carbocycles. The number of carbonyl (C=O) groups excluding carboxylic acids is 2. The zero-order chi connectivity index (χ0) is 36.7. The lowest BCUT2D eigenvalue weighted by molar-refractivity contribution is 0.0589.